The second-order valence-corrected chi connectivity index (χ2v) is 4.98. The first-order valence-electron chi connectivity index (χ1n) is 6.67. The van der Waals surface area contributed by atoms with E-state index in [1.807, 2.05) is 30.5 Å². The predicted molar refractivity (Wildman–Crippen MR) is 81.4 cm³/mol. The third-order valence-corrected chi connectivity index (χ3v) is 3.51. The Morgan fingerprint density at radius 1 is 1.05 bits per heavy atom. The number of nitriles is 1. The summed E-state index contributed by atoms with van der Waals surface area (Å²) in [6.07, 6.45) is 1.87. The van der Waals surface area contributed by atoms with Crippen molar-refractivity contribution < 1.29 is 0 Å². The van der Waals surface area contributed by atoms with E-state index in [1.54, 1.807) is 6.07 Å². The number of hydrogen-bond donors (Lipinski definition) is 1. The smallest absolute Gasteiger partial charge is 0.162 e. The molecule has 2 aromatic heterocycles. The largest absolute Gasteiger partial charge is 0.275 e. The van der Waals surface area contributed by atoms with Gasteiger partial charge in [0.05, 0.1) is 11.4 Å². The molecule has 1 N–H and O–H groups in total. The summed E-state index contributed by atoms with van der Waals surface area (Å²) in [5.74, 6) is 0. The van der Waals surface area contributed by atoms with Gasteiger partial charge in [0.25, 0.3) is 0 Å². The maximum atomic E-state index is 8.82. The Hall–Kier alpha value is -2.93. The molecule has 0 aliphatic rings. The summed E-state index contributed by atoms with van der Waals surface area (Å²) in [4.78, 5) is 4.49. The van der Waals surface area contributed by atoms with Gasteiger partial charge in [0.2, 0.25) is 0 Å². The number of hydrogen-bond acceptors (Lipinski definition) is 3. The van der Waals surface area contributed by atoms with Gasteiger partial charge in [-0.3, -0.25) is 10.1 Å². The van der Waals surface area contributed by atoms with Gasteiger partial charge in [0.1, 0.15) is 6.07 Å². The third-order valence-electron chi connectivity index (χ3n) is 3.51. The first kappa shape index (κ1) is 13.1. The van der Waals surface area contributed by atoms with Gasteiger partial charge in [-0.1, -0.05) is 24.3 Å². The van der Waals surface area contributed by atoms with Crippen molar-refractivity contribution in [3.05, 3.63) is 59.4 Å². The van der Waals surface area contributed by atoms with Crippen molar-refractivity contribution in [3.8, 4) is 28.6 Å². The first-order chi connectivity index (χ1) is 10.2. The molecule has 0 aliphatic heterocycles. The van der Waals surface area contributed by atoms with Crippen LogP contribution in [0.1, 0.15) is 16.8 Å². The molecule has 3 aromatic rings. The molecule has 0 fully saturated rings. The highest BCUT2D eigenvalue weighted by molar-refractivity contribution is 5.72. The summed E-state index contributed by atoms with van der Waals surface area (Å²) in [5.41, 5.74) is 6.59. The highest BCUT2D eigenvalue weighted by Gasteiger charge is 2.09. The van der Waals surface area contributed by atoms with Crippen LogP contribution in [-0.2, 0) is 0 Å². The Kier molecular flexibility index (Phi) is 3.25. The number of nitrogens with zero attached hydrogens (tertiary/aromatic N) is 3. The van der Waals surface area contributed by atoms with Gasteiger partial charge in [-0.05, 0) is 36.6 Å². The average Bonchev–Trinajstić information content (AvgIpc) is 2.97. The quantitative estimate of drug-likeness (QED) is 0.776. The van der Waals surface area contributed by atoms with Crippen molar-refractivity contribution in [3.63, 3.8) is 0 Å². The van der Waals surface area contributed by atoms with E-state index < -0.39 is 0 Å². The van der Waals surface area contributed by atoms with Crippen molar-refractivity contribution in [2.75, 3.05) is 0 Å². The standard InChI is InChI=1S/C17H14N4/c1-11-5-3-4-6-14(11)15-10-19-16(7-12(15)2)17-8-13(9-18)20-21-17/h3-8,10H,1-2H3,(H,20,21). The molecule has 0 aliphatic carbocycles. The summed E-state index contributed by atoms with van der Waals surface area (Å²) in [5, 5.41) is 15.6. The number of aryl methyl sites for hydroxylation is 2. The van der Waals surface area contributed by atoms with Crippen molar-refractivity contribution >= 4 is 0 Å². The number of aromatic amines is 1. The van der Waals surface area contributed by atoms with E-state index in [0.717, 1.165) is 22.5 Å². The lowest BCUT2D eigenvalue weighted by Gasteiger charge is -2.09. The molecule has 4 nitrogen and oxygen atoms in total. The Balaban J connectivity index is 2.05. The van der Waals surface area contributed by atoms with Gasteiger partial charge in [-0.15, -0.1) is 0 Å². The highest BCUT2D eigenvalue weighted by Crippen LogP contribution is 2.28. The van der Waals surface area contributed by atoms with Crippen LogP contribution in [0.3, 0.4) is 0 Å². The Bertz CT molecular complexity index is 840. The Labute approximate surface area is 123 Å². The van der Waals surface area contributed by atoms with Gasteiger partial charge < -0.3 is 0 Å². The van der Waals surface area contributed by atoms with Crippen LogP contribution in [0.25, 0.3) is 22.5 Å². The molecule has 2 heterocycles. The molecule has 0 amide bonds. The first-order valence-corrected chi connectivity index (χ1v) is 6.67. The van der Waals surface area contributed by atoms with Crippen LogP contribution in [0.4, 0.5) is 0 Å². The number of benzene rings is 1. The Morgan fingerprint density at radius 2 is 1.86 bits per heavy atom. The molecule has 0 spiro atoms. The van der Waals surface area contributed by atoms with Crippen LogP contribution < -0.4 is 0 Å². The summed E-state index contributed by atoms with van der Waals surface area (Å²) in [7, 11) is 0. The molecule has 0 saturated carbocycles. The molecule has 102 valence electrons. The van der Waals surface area contributed by atoms with Crippen molar-refractivity contribution in [1.29, 1.82) is 5.26 Å². The van der Waals surface area contributed by atoms with E-state index in [-0.39, 0.29) is 0 Å². The minimum absolute atomic E-state index is 0.368. The minimum Gasteiger partial charge on any atom is -0.275 e. The maximum absolute atomic E-state index is 8.82. The number of nitrogens with one attached hydrogen (secondary N) is 1. The fraction of sp³-hybridized carbons (Fsp3) is 0.118. The molecule has 0 radical (unpaired) electrons. The molecule has 0 atom stereocenters. The molecule has 3 rings (SSSR count). The number of rotatable bonds is 2. The molecule has 4 heteroatoms. The minimum atomic E-state index is 0.368. The summed E-state index contributed by atoms with van der Waals surface area (Å²) in [6, 6.07) is 14.0. The third kappa shape index (κ3) is 2.41. The van der Waals surface area contributed by atoms with Crippen molar-refractivity contribution in [2.24, 2.45) is 0 Å². The molecule has 1 aromatic carbocycles. The molecule has 0 bridgehead atoms. The second-order valence-electron chi connectivity index (χ2n) is 4.98. The van der Waals surface area contributed by atoms with Gasteiger partial charge in [-0.25, -0.2) is 0 Å². The predicted octanol–water partition coefficient (Wildman–Crippen LogP) is 3.63. The van der Waals surface area contributed by atoms with Gasteiger partial charge in [0.15, 0.2) is 5.69 Å². The van der Waals surface area contributed by atoms with E-state index in [9.17, 15) is 0 Å². The van der Waals surface area contributed by atoms with Crippen LogP contribution >= 0.6 is 0 Å². The zero-order valence-corrected chi connectivity index (χ0v) is 11.9. The van der Waals surface area contributed by atoms with E-state index >= 15 is 0 Å². The maximum Gasteiger partial charge on any atom is 0.162 e. The lowest BCUT2D eigenvalue weighted by atomic mass is 9.98. The van der Waals surface area contributed by atoms with E-state index in [1.165, 1.54) is 11.1 Å². The molecular formula is C17H14N4. The molecule has 0 unspecified atom stereocenters. The molecular weight excluding hydrogens is 260 g/mol. The summed E-state index contributed by atoms with van der Waals surface area (Å²) >= 11 is 0. The van der Waals surface area contributed by atoms with E-state index in [4.69, 9.17) is 5.26 Å². The second kappa shape index (κ2) is 5.22. The lowest BCUT2D eigenvalue weighted by molar-refractivity contribution is 1.07. The van der Waals surface area contributed by atoms with E-state index in [2.05, 4.69) is 41.2 Å². The van der Waals surface area contributed by atoms with Gasteiger partial charge >= 0.3 is 0 Å². The van der Waals surface area contributed by atoms with Crippen LogP contribution in [0, 0.1) is 25.2 Å². The number of H-pyrrole nitrogens is 1. The topological polar surface area (TPSA) is 65.4 Å². The van der Waals surface area contributed by atoms with Gasteiger partial charge in [0, 0.05) is 17.8 Å². The number of aromatic nitrogens is 3. The van der Waals surface area contributed by atoms with Gasteiger partial charge in [-0.2, -0.15) is 10.4 Å². The summed E-state index contributed by atoms with van der Waals surface area (Å²) in [6.45, 7) is 4.16. The Morgan fingerprint density at radius 3 is 2.52 bits per heavy atom. The van der Waals surface area contributed by atoms with Crippen LogP contribution in [-0.4, -0.2) is 15.2 Å². The fourth-order valence-corrected chi connectivity index (χ4v) is 2.37. The monoisotopic (exact) mass is 274 g/mol. The zero-order chi connectivity index (χ0) is 14.8. The van der Waals surface area contributed by atoms with Crippen molar-refractivity contribution in [1.82, 2.24) is 15.2 Å². The van der Waals surface area contributed by atoms with Crippen LogP contribution in [0.2, 0.25) is 0 Å². The van der Waals surface area contributed by atoms with Crippen molar-refractivity contribution in [2.45, 2.75) is 13.8 Å². The molecule has 0 saturated heterocycles. The van der Waals surface area contributed by atoms with E-state index in [0.29, 0.717) is 5.69 Å². The lowest BCUT2D eigenvalue weighted by Crippen LogP contribution is -1.91. The average molecular weight is 274 g/mol. The summed E-state index contributed by atoms with van der Waals surface area (Å²) < 4.78 is 0. The van der Waals surface area contributed by atoms with Crippen LogP contribution in [0.15, 0.2) is 42.6 Å². The normalized spacial score (nSPS) is 10.3. The zero-order valence-electron chi connectivity index (χ0n) is 11.9. The fourth-order valence-electron chi connectivity index (χ4n) is 2.37. The number of pyridine rings is 1. The van der Waals surface area contributed by atoms with Crippen LogP contribution in [0.5, 0.6) is 0 Å². The SMILES string of the molecule is Cc1ccccc1-c1cnc(-c2cc(C#N)n[nH]2)cc1C. The molecule has 21 heavy (non-hydrogen) atoms. The highest BCUT2D eigenvalue weighted by atomic mass is 15.1.